The third kappa shape index (κ3) is 7.10. The van der Waals surface area contributed by atoms with Crippen molar-refractivity contribution in [1.82, 2.24) is 20.4 Å². The second-order valence-corrected chi connectivity index (χ2v) is 8.67. The fourth-order valence-corrected chi connectivity index (χ4v) is 4.44. The van der Waals surface area contributed by atoms with Gasteiger partial charge in [-0.3, -0.25) is 9.89 Å². The maximum absolute atomic E-state index is 4.50. The van der Waals surface area contributed by atoms with Crippen molar-refractivity contribution in [3.63, 3.8) is 0 Å². The summed E-state index contributed by atoms with van der Waals surface area (Å²) in [7, 11) is 1.88. The highest BCUT2D eigenvalue weighted by Gasteiger charge is 2.25. The Hall–Kier alpha value is -0.860. The maximum atomic E-state index is 4.50. The molecule has 0 radical (unpaired) electrons. The van der Waals surface area contributed by atoms with Gasteiger partial charge in [-0.15, -0.1) is 24.0 Å². The molecule has 2 aliphatic heterocycles. The zero-order valence-electron chi connectivity index (χ0n) is 18.7. The van der Waals surface area contributed by atoms with Crippen LogP contribution in [0.3, 0.4) is 0 Å². The number of benzene rings is 1. The topological polar surface area (TPSA) is 42.9 Å². The van der Waals surface area contributed by atoms with Gasteiger partial charge in [-0.1, -0.05) is 29.8 Å². The van der Waals surface area contributed by atoms with Gasteiger partial charge in [0.15, 0.2) is 5.96 Å². The molecule has 2 N–H and O–H groups in total. The average molecular weight is 514 g/mol. The van der Waals surface area contributed by atoms with Gasteiger partial charge < -0.3 is 15.5 Å². The molecule has 0 aliphatic carbocycles. The molecule has 2 heterocycles. The number of hydrogen-bond acceptors (Lipinski definition) is 3. The summed E-state index contributed by atoms with van der Waals surface area (Å²) in [5.74, 6) is 0.944. The molecule has 1 aromatic rings. The molecule has 2 fully saturated rings. The smallest absolute Gasteiger partial charge is 0.191 e. The van der Waals surface area contributed by atoms with E-state index in [1.54, 1.807) is 0 Å². The Morgan fingerprint density at radius 2 is 1.66 bits per heavy atom. The second kappa shape index (κ2) is 12.1. The Bertz CT molecular complexity index is 617. The van der Waals surface area contributed by atoms with E-state index in [-0.39, 0.29) is 24.0 Å². The van der Waals surface area contributed by atoms with E-state index in [2.05, 4.69) is 70.5 Å². The summed E-state index contributed by atoms with van der Waals surface area (Å²) in [5, 5.41) is 7.29. The van der Waals surface area contributed by atoms with Crippen molar-refractivity contribution in [2.75, 3.05) is 39.8 Å². The van der Waals surface area contributed by atoms with Crippen LogP contribution < -0.4 is 10.6 Å². The zero-order valence-corrected chi connectivity index (χ0v) is 21.0. The maximum Gasteiger partial charge on any atom is 0.191 e. The van der Waals surface area contributed by atoms with Gasteiger partial charge in [-0.05, 0) is 65.1 Å². The predicted molar refractivity (Wildman–Crippen MR) is 134 cm³/mol. The van der Waals surface area contributed by atoms with E-state index in [1.165, 1.54) is 63.0 Å². The van der Waals surface area contributed by atoms with Crippen LogP contribution in [-0.4, -0.2) is 67.6 Å². The van der Waals surface area contributed by atoms with Crippen molar-refractivity contribution in [3.8, 4) is 0 Å². The Morgan fingerprint density at radius 3 is 2.21 bits per heavy atom. The number of likely N-dealkylation sites (tertiary alicyclic amines) is 2. The van der Waals surface area contributed by atoms with Crippen LogP contribution in [0.5, 0.6) is 0 Å². The highest BCUT2D eigenvalue weighted by molar-refractivity contribution is 14.0. The molecule has 2 saturated heterocycles. The molecule has 0 spiro atoms. The van der Waals surface area contributed by atoms with Crippen molar-refractivity contribution >= 4 is 29.9 Å². The third-order valence-electron chi connectivity index (χ3n) is 6.33. The van der Waals surface area contributed by atoms with Crippen LogP contribution in [0.1, 0.15) is 56.7 Å². The summed E-state index contributed by atoms with van der Waals surface area (Å²) in [6.07, 6.45) is 4.99. The van der Waals surface area contributed by atoms with Gasteiger partial charge in [-0.25, -0.2) is 0 Å². The minimum atomic E-state index is 0. The highest BCUT2D eigenvalue weighted by atomic mass is 127. The Balaban J connectivity index is 0.00000300. The van der Waals surface area contributed by atoms with E-state index >= 15 is 0 Å². The van der Waals surface area contributed by atoms with Crippen LogP contribution in [0.4, 0.5) is 0 Å². The first-order valence-electron chi connectivity index (χ1n) is 11.1. The van der Waals surface area contributed by atoms with Crippen molar-refractivity contribution in [2.45, 2.75) is 64.6 Å². The summed E-state index contributed by atoms with van der Waals surface area (Å²) in [6.45, 7) is 12.4. The van der Waals surface area contributed by atoms with Crippen LogP contribution in [0.15, 0.2) is 29.3 Å². The molecule has 3 rings (SSSR count). The number of nitrogens with one attached hydrogen (secondary N) is 2. The lowest BCUT2D eigenvalue weighted by atomic mass is 10.0. The van der Waals surface area contributed by atoms with E-state index in [1.807, 2.05) is 7.05 Å². The van der Waals surface area contributed by atoms with Crippen molar-refractivity contribution in [2.24, 2.45) is 4.99 Å². The minimum absolute atomic E-state index is 0. The molecule has 1 atom stereocenters. The average Bonchev–Trinajstić information content (AvgIpc) is 3.23. The standard InChI is InChI=1S/C23H39N5.HI/c1-18(2)27-15-11-21(12-16-27)26-23(24-4)25-17-22(28-13-5-6-14-28)20-9-7-19(3)8-10-20;/h7-10,18,21-22H,5-6,11-17H2,1-4H3,(H2,24,25,26);1H. The lowest BCUT2D eigenvalue weighted by Gasteiger charge is -2.35. The molecule has 1 aromatic carbocycles. The Morgan fingerprint density at radius 1 is 1.03 bits per heavy atom. The van der Waals surface area contributed by atoms with Crippen LogP contribution in [0.25, 0.3) is 0 Å². The summed E-state index contributed by atoms with van der Waals surface area (Å²) in [5.41, 5.74) is 2.72. The van der Waals surface area contributed by atoms with E-state index in [0.717, 1.165) is 12.5 Å². The van der Waals surface area contributed by atoms with Gasteiger partial charge in [0.05, 0.1) is 6.04 Å². The zero-order chi connectivity index (χ0) is 19.9. The lowest BCUT2D eigenvalue weighted by molar-refractivity contribution is 0.167. The molecule has 1 unspecified atom stereocenters. The Labute approximate surface area is 194 Å². The van der Waals surface area contributed by atoms with E-state index in [4.69, 9.17) is 0 Å². The van der Waals surface area contributed by atoms with Crippen LogP contribution in [0.2, 0.25) is 0 Å². The largest absolute Gasteiger partial charge is 0.354 e. The number of piperidine rings is 1. The van der Waals surface area contributed by atoms with E-state index in [0.29, 0.717) is 18.1 Å². The van der Waals surface area contributed by atoms with Gasteiger partial charge in [0.25, 0.3) is 0 Å². The van der Waals surface area contributed by atoms with Gasteiger partial charge in [0.1, 0.15) is 0 Å². The fourth-order valence-electron chi connectivity index (χ4n) is 4.44. The first-order valence-corrected chi connectivity index (χ1v) is 11.1. The SMILES string of the molecule is CN=C(NCC(c1ccc(C)cc1)N1CCCC1)NC1CCN(C(C)C)CC1.I. The molecule has 0 saturated carbocycles. The molecule has 29 heavy (non-hydrogen) atoms. The molecule has 0 bridgehead atoms. The highest BCUT2D eigenvalue weighted by Crippen LogP contribution is 2.25. The van der Waals surface area contributed by atoms with Crippen LogP contribution in [0, 0.1) is 6.92 Å². The number of hydrogen-bond donors (Lipinski definition) is 2. The van der Waals surface area contributed by atoms with Gasteiger partial charge in [0.2, 0.25) is 0 Å². The minimum Gasteiger partial charge on any atom is -0.354 e. The first kappa shape index (κ1) is 24.4. The molecule has 164 valence electrons. The second-order valence-electron chi connectivity index (χ2n) is 8.67. The van der Waals surface area contributed by atoms with Gasteiger partial charge >= 0.3 is 0 Å². The van der Waals surface area contributed by atoms with Crippen molar-refractivity contribution in [1.29, 1.82) is 0 Å². The molecule has 5 nitrogen and oxygen atoms in total. The van der Waals surface area contributed by atoms with Crippen molar-refractivity contribution in [3.05, 3.63) is 35.4 Å². The Kier molecular flexibility index (Phi) is 10.2. The molecule has 6 heteroatoms. The molecular weight excluding hydrogens is 473 g/mol. The van der Waals surface area contributed by atoms with Crippen LogP contribution >= 0.6 is 24.0 Å². The summed E-state index contributed by atoms with van der Waals surface area (Å²) in [4.78, 5) is 9.69. The quantitative estimate of drug-likeness (QED) is 0.345. The number of aryl methyl sites for hydroxylation is 1. The molecule has 2 aliphatic rings. The normalized spacial score (nSPS) is 20.5. The number of rotatable bonds is 6. The summed E-state index contributed by atoms with van der Waals surface area (Å²) >= 11 is 0. The van der Waals surface area contributed by atoms with Gasteiger partial charge in [-0.2, -0.15) is 0 Å². The molecular formula is C23H40IN5. The number of nitrogens with zero attached hydrogens (tertiary/aromatic N) is 3. The monoisotopic (exact) mass is 513 g/mol. The number of aliphatic imine (C=N–C) groups is 1. The lowest BCUT2D eigenvalue weighted by Crippen LogP contribution is -2.50. The van der Waals surface area contributed by atoms with E-state index in [9.17, 15) is 0 Å². The summed E-state index contributed by atoms with van der Waals surface area (Å²) in [6, 6.07) is 10.6. The van der Waals surface area contributed by atoms with Crippen molar-refractivity contribution < 1.29 is 0 Å². The molecule has 0 amide bonds. The first-order chi connectivity index (χ1) is 13.6. The number of halogens is 1. The number of guanidine groups is 1. The molecule has 0 aromatic heterocycles. The summed E-state index contributed by atoms with van der Waals surface area (Å²) < 4.78 is 0. The fraction of sp³-hybridized carbons (Fsp3) is 0.696. The third-order valence-corrected chi connectivity index (χ3v) is 6.33. The van der Waals surface area contributed by atoms with E-state index < -0.39 is 0 Å². The predicted octanol–water partition coefficient (Wildman–Crippen LogP) is 3.79. The van der Waals surface area contributed by atoms with Crippen LogP contribution in [-0.2, 0) is 0 Å². The van der Waals surface area contributed by atoms with Gasteiger partial charge in [0, 0.05) is 38.8 Å².